The second-order valence-corrected chi connectivity index (χ2v) is 4.87. The van der Waals surface area contributed by atoms with Crippen molar-refractivity contribution in [3.8, 4) is 0 Å². The molecule has 0 unspecified atom stereocenters. The van der Waals surface area contributed by atoms with Crippen LogP contribution in [0.15, 0.2) is 15.8 Å². The SMILES string of the molecule is CC(C)(CCn1cc(F)c(=O)[nH]c1=O)C(N)=S. The van der Waals surface area contributed by atoms with Crippen LogP contribution in [-0.2, 0) is 6.54 Å². The molecule has 0 amide bonds. The van der Waals surface area contributed by atoms with Crippen molar-refractivity contribution in [2.75, 3.05) is 0 Å². The minimum atomic E-state index is -1.01. The van der Waals surface area contributed by atoms with Gasteiger partial charge in [-0.25, -0.2) is 4.79 Å². The molecule has 0 fully saturated rings. The van der Waals surface area contributed by atoms with Gasteiger partial charge in [0.2, 0.25) is 5.82 Å². The van der Waals surface area contributed by atoms with Crippen LogP contribution in [0, 0.1) is 11.2 Å². The number of nitrogens with two attached hydrogens (primary N) is 1. The Kier molecular flexibility index (Phi) is 3.82. The zero-order valence-electron chi connectivity index (χ0n) is 9.62. The van der Waals surface area contributed by atoms with E-state index in [-0.39, 0.29) is 6.54 Å². The predicted octanol–water partition coefficient (Wildman–Crippen LogP) is 0.378. The van der Waals surface area contributed by atoms with Gasteiger partial charge in [-0.3, -0.25) is 14.3 Å². The standard InChI is InChI=1S/C10H14FN3O2S/c1-10(2,8(12)17)3-4-14-5-6(11)7(15)13-9(14)16/h5H,3-4H2,1-2H3,(H2,12,17)(H,13,15,16). The number of H-pyrrole nitrogens is 1. The summed E-state index contributed by atoms with van der Waals surface area (Å²) >= 11 is 4.88. The first-order chi connectivity index (χ1) is 7.74. The average Bonchev–Trinajstić information content (AvgIpc) is 2.21. The molecule has 1 rings (SSSR count). The molecule has 0 saturated carbocycles. The second kappa shape index (κ2) is 4.79. The van der Waals surface area contributed by atoms with Gasteiger partial charge in [0.05, 0.1) is 11.2 Å². The van der Waals surface area contributed by atoms with Crippen LogP contribution in [0.3, 0.4) is 0 Å². The highest BCUT2D eigenvalue weighted by atomic mass is 32.1. The maximum atomic E-state index is 13.0. The smallest absolute Gasteiger partial charge is 0.328 e. The lowest BCUT2D eigenvalue weighted by atomic mass is 9.89. The van der Waals surface area contributed by atoms with Crippen LogP contribution in [0.5, 0.6) is 0 Å². The van der Waals surface area contributed by atoms with Gasteiger partial charge in [0.1, 0.15) is 0 Å². The zero-order valence-corrected chi connectivity index (χ0v) is 10.4. The van der Waals surface area contributed by atoms with Crippen molar-refractivity contribution < 1.29 is 4.39 Å². The summed E-state index contributed by atoms with van der Waals surface area (Å²) < 4.78 is 14.1. The van der Waals surface area contributed by atoms with Crippen LogP contribution in [0.4, 0.5) is 4.39 Å². The normalized spacial score (nSPS) is 11.5. The fourth-order valence-corrected chi connectivity index (χ4v) is 1.27. The summed E-state index contributed by atoms with van der Waals surface area (Å²) in [4.78, 5) is 24.4. The highest BCUT2D eigenvalue weighted by Crippen LogP contribution is 2.20. The molecule has 1 heterocycles. The van der Waals surface area contributed by atoms with Gasteiger partial charge in [-0.1, -0.05) is 26.1 Å². The molecular weight excluding hydrogens is 245 g/mol. The van der Waals surface area contributed by atoms with E-state index < -0.39 is 22.5 Å². The summed E-state index contributed by atoms with van der Waals surface area (Å²) in [6.45, 7) is 3.90. The Morgan fingerprint density at radius 2 is 2.18 bits per heavy atom. The molecule has 1 aromatic rings. The van der Waals surface area contributed by atoms with Crippen molar-refractivity contribution in [3.05, 3.63) is 32.9 Å². The molecule has 17 heavy (non-hydrogen) atoms. The van der Waals surface area contributed by atoms with E-state index in [4.69, 9.17) is 18.0 Å². The van der Waals surface area contributed by atoms with Crippen LogP contribution in [-0.4, -0.2) is 14.5 Å². The molecule has 0 aliphatic carbocycles. The Morgan fingerprint density at radius 3 is 2.71 bits per heavy atom. The number of aromatic nitrogens is 2. The first-order valence-electron chi connectivity index (χ1n) is 5.03. The molecule has 0 saturated heterocycles. The highest BCUT2D eigenvalue weighted by Gasteiger charge is 2.21. The summed E-state index contributed by atoms with van der Waals surface area (Å²) in [5, 5.41) is 0. The monoisotopic (exact) mass is 259 g/mol. The lowest BCUT2D eigenvalue weighted by Crippen LogP contribution is -2.35. The molecular formula is C10H14FN3O2S. The van der Waals surface area contributed by atoms with Crippen molar-refractivity contribution in [2.45, 2.75) is 26.8 Å². The maximum Gasteiger partial charge on any atom is 0.328 e. The van der Waals surface area contributed by atoms with Gasteiger partial charge in [0, 0.05) is 12.0 Å². The van der Waals surface area contributed by atoms with E-state index in [0.29, 0.717) is 11.4 Å². The van der Waals surface area contributed by atoms with Gasteiger partial charge in [0.25, 0.3) is 5.56 Å². The number of halogens is 1. The van der Waals surface area contributed by atoms with E-state index >= 15 is 0 Å². The molecule has 0 bridgehead atoms. The molecule has 0 aromatic carbocycles. The summed E-state index contributed by atoms with van der Waals surface area (Å²) in [7, 11) is 0. The first-order valence-corrected chi connectivity index (χ1v) is 5.44. The fraction of sp³-hybridized carbons (Fsp3) is 0.500. The van der Waals surface area contributed by atoms with Crippen LogP contribution in [0.2, 0.25) is 0 Å². The third-order valence-electron chi connectivity index (χ3n) is 2.61. The third-order valence-corrected chi connectivity index (χ3v) is 3.16. The largest absolute Gasteiger partial charge is 0.393 e. The molecule has 0 radical (unpaired) electrons. The third kappa shape index (κ3) is 3.23. The number of nitrogens with one attached hydrogen (secondary N) is 1. The van der Waals surface area contributed by atoms with E-state index in [1.54, 1.807) is 0 Å². The number of rotatable bonds is 4. The zero-order chi connectivity index (χ0) is 13.2. The average molecular weight is 259 g/mol. The van der Waals surface area contributed by atoms with Crippen LogP contribution in [0.1, 0.15) is 20.3 Å². The van der Waals surface area contributed by atoms with Crippen molar-refractivity contribution in [3.63, 3.8) is 0 Å². The number of thiocarbonyl (C=S) groups is 1. The number of nitrogens with zero attached hydrogens (tertiary/aromatic N) is 1. The van der Waals surface area contributed by atoms with Crippen LogP contribution < -0.4 is 17.0 Å². The topological polar surface area (TPSA) is 80.9 Å². The van der Waals surface area contributed by atoms with Crippen molar-refractivity contribution in [1.82, 2.24) is 9.55 Å². The van der Waals surface area contributed by atoms with Crippen LogP contribution in [0.25, 0.3) is 0 Å². The molecule has 5 nitrogen and oxygen atoms in total. The van der Waals surface area contributed by atoms with E-state index in [9.17, 15) is 14.0 Å². The lowest BCUT2D eigenvalue weighted by molar-refractivity contribution is 0.420. The Morgan fingerprint density at radius 1 is 1.59 bits per heavy atom. The number of aromatic amines is 1. The molecule has 1 aromatic heterocycles. The summed E-state index contributed by atoms with van der Waals surface area (Å²) in [6, 6.07) is 0. The molecule has 0 aliphatic heterocycles. The second-order valence-electron chi connectivity index (χ2n) is 4.43. The summed E-state index contributed by atoms with van der Waals surface area (Å²) in [5.41, 5.74) is 3.45. The van der Waals surface area contributed by atoms with E-state index in [0.717, 1.165) is 10.8 Å². The Balaban J connectivity index is 2.91. The van der Waals surface area contributed by atoms with Gasteiger partial charge >= 0.3 is 5.69 Å². The summed E-state index contributed by atoms with van der Waals surface area (Å²) in [6.07, 6.45) is 1.37. The Labute approximate surface area is 102 Å². The fourth-order valence-electron chi connectivity index (χ4n) is 1.17. The van der Waals surface area contributed by atoms with Gasteiger partial charge in [-0.2, -0.15) is 4.39 Å². The molecule has 3 N–H and O–H groups in total. The van der Waals surface area contributed by atoms with E-state index in [1.807, 2.05) is 18.8 Å². The molecule has 94 valence electrons. The first kappa shape index (κ1) is 13.6. The van der Waals surface area contributed by atoms with Crippen molar-refractivity contribution in [1.29, 1.82) is 0 Å². The Bertz CT molecular complexity index is 547. The predicted molar refractivity (Wildman–Crippen MR) is 66.5 cm³/mol. The quantitative estimate of drug-likeness (QED) is 0.766. The minimum absolute atomic E-state index is 0.233. The molecule has 0 atom stereocenters. The van der Waals surface area contributed by atoms with E-state index in [2.05, 4.69) is 0 Å². The van der Waals surface area contributed by atoms with Gasteiger partial charge in [0.15, 0.2) is 0 Å². The van der Waals surface area contributed by atoms with E-state index in [1.165, 1.54) is 0 Å². The summed E-state index contributed by atoms with van der Waals surface area (Å²) in [5.74, 6) is -0.988. The Hall–Kier alpha value is -1.50. The number of aryl methyl sites for hydroxylation is 1. The number of hydrogen-bond donors (Lipinski definition) is 2. The van der Waals surface area contributed by atoms with Gasteiger partial charge < -0.3 is 5.73 Å². The van der Waals surface area contributed by atoms with Crippen molar-refractivity contribution >= 4 is 17.2 Å². The molecule has 0 spiro atoms. The minimum Gasteiger partial charge on any atom is -0.393 e. The molecule has 0 aliphatic rings. The van der Waals surface area contributed by atoms with Crippen LogP contribution >= 0.6 is 12.2 Å². The molecule has 7 heteroatoms. The van der Waals surface area contributed by atoms with Gasteiger partial charge in [-0.05, 0) is 6.42 Å². The highest BCUT2D eigenvalue weighted by molar-refractivity contribution is 7.80. The lowest BCUT2D eigenvalue weighted by Gasteiger charge is -2.23. The van der Waals surface area contributed by atoms with Gasteiger partial charge in [-0.15, -0.1) is 0 Å². The maximum absolute atomic E-state index is 13.0. The number of hydrogen-bond acceptors (Lipinski definition) is 3. The van der Waals surface area contributed by atoms with Crippen molar-refractivity contribution in [2.24, 2.45) is 11.1 Å².